The number of halogens is 1. The first kappa shape index (κ1) is 22.6. The maximum Gasteiger partial charge on any atom is 0.514 e. The van der Waals surface area contributed by atoms with Gasteiger partial charge in [0.05, 0.1) is 0 Å². The summed E-state index contributed by atoms with van der Waals surface area (Å²) < 4.78 is 16.3. The Morgan fingerprint density at radius 1 is 0.871 bits per heavy atom. The van der Waals surface area contributed by atoms with Crippen LogP contribution < -0.4 is 7.80 Å². The van der Waals surface area contributed by atoms with Gasteiger partial charge in [-0.15, -0.1) is 13.2 Å². The van der Waals surface area contributed by atoms with Crippen molar-refractivity contribution in [3.8, 4) is 22.6 Å². The van der Waals surface area contributed by atoms with E-state index in [1.807, 2.05) is 95.8 Å². The molecule has 0 aliphatic rings. The zero-order valence-electron chi connectivity index (χ0n) is 17.1. The summed E-state index contributed by atoms with van der Waals surface area (Å²) in [7, 11) is 0. The van der Waals surface area contributed by atoms with Crippen LogP contribution >= 0.6 is 23.0 Å². The van der Waals surface area contributed by atoms with E-state index in [4.69, 9.17) is 12.5 Å². The van der Waals surface area contributed by atoms with Crippen molar-refractivity contribution >= 4 is 29.2 Å². The zero-order chi connectivity index (χ0) is 22.1. The highest BCUT2D eigenvalue weighted by atomic mass is 127. The van der Waals surface area contributed by atoms with Gasteiger partial charge in [0, 0.05) is 5.56 Å². The number of hydrogen-bond donors (Lipinski definition) is 0. The number of carbonyl (C=O) groups is 1. The highest BCUT2D eigenvalue weighted by molar-refractivity contribution is 14.1. The third-order valence-corrected chi connectivity index (χ3v) is 5.11. The molecule has 0 spiro atoms. The molecule has 0 atom stereocenters. The Morgan fingerprint density at radius 2 is 1.61 bits per heavy atom. The molecule has 0 fully saturated rings. The van der Waals surface area contributed by atoms with Crippen molar-refractivity contribution in [1.29, 1.82) is 0 Å². The second-order valence-corrected chi connectivity index (χ2v) is 7.28. The highest BCUT2D eigenvalue weighted by Gasteiger charge is 2.15. The predicted octanol–water partition coefficient (Wildman–Crippen LogP) is 7.26. The summed E-state index contributed by atoms with van der Waals surface area (Å²) in [4.78, 5) is 12.4. The number of carbonyl (C=O) groups excluding carboxylic acids is 1. The van der Waals surface area contributed by atoms with Gasteiger partial charge in [-0.1, -0.05) is 54.6 Å². The van der Waals surface area contributed by atoms with Crippen LogP contribution in [0.25, 0.3) is 11.1 Å². The molecule has 3 rings (SSSR count). The standard InChI is InChI=1S/C26H23IO4/c1-3-8-19-12-14-25(30-26(28)29-18-20-10-6-5-7-11-20)23(16-19)21-13-15-24(31-27)22(17-21)9-4-2/h3-7,10-17H,1-2,8-9,18H2. The van der Waals surface area contributed by atoms with Crippen molar-refractivity contribution < 1.29 is 17.3 Å². The van der Waals surface area contributed by atoms with Gasteiger partial charge < -0.3 is 12.5 Å². The lowest BCUT2D eigenvalue weighted by atomic mass is 9.97. The van der Waals surface area contributed by atoms with Crippen LogP contribution in [-0.2, 0) is 24.2 Å². The van der Waals surface area contributed by atoms with Crippen LogP contribution in [0.1, 0.15) is 16.7 Å². The molecule has 0 aliphatic carbocycles. The summed E-state index contributed by atoms with van der Waals surface area (Å²) in [6, 6.07) is 21.0. The van der Waals surface area contributed by atoms with Crippen LogP contribution in [0.15, 0.2) is 92.0 Å². The quantitative estimate of drug-likeness (QED) is 0.128. The van der Waals surface area contributed by atoms with Crippen LogP contribution in [0.5, 0.6) is 11.5 Å². The van der Waals surface area contributed by atoms with Gasteiger partial charge in [-0.3, -0.25) is 0 Å². The first-order valence-corrected chi connectivity index (χ1v) is 10.7. The molecule has 0 saturated carbocycles. The van der Waals surface area contributed by atoms with Gasteiger partial charge in [-0.25, -0.2) is 4.79 Å². The number of ether oxygens (including phenoxy) is 2. The largest absolute Gasteiger partial charge is 0.514 e. The number of rotatable bonds is 9. The smallest absolute Gasteiger partial charge is 0.429 e. The number of hydrogen-bond acceptors (Lipinski definition) is 4. The van der Waals surface area contributed by atoms with Gasteiger partial charge in [0.25, 0.3) is 0 Å². The van der Waals surface area contributed by atoms with Gasteiger partial charge in [-0.2, -0.15) is 0 Å². The molecule has 0 aliphatic heterocycles. The molecule has 0 radical (unpaired) electrons. The van der Waals surface area contributed by atoms with Crippen molar-refractivity contribution in [2.45, 2.75) is 19.4 Å². The Morgan fingerprint density at radius 3 is 2.32 bits per heavy atom. The van der Waals surface area contributed by atoms with Crippen LogP contribution in [0.2, 0.25) is 0 Å². The Bertz CT molecular complexity index is 1060. The molecule has 5 heteroatoms. The monoisotopic (exact) mass is 526 g/mol. The zero-order valence-corrected chi connectivity index (χ0v) is 19.2. The molecule has 3 aromatic carbocycles. The SMILES string of the molecule is C=CCc1ccc(OC(=O)OCc2ccccc2)c(-c2ccc(OI)c(CC=C)c2)c1. The van der Waals surface area contributed by atoms with E-state index >= 15 is 0 Å². The molecule has 4 nitrogen and oxygen atoms in total. The minimum Gasteiger partial charge on any atom is -0.429 e. The lowest BCUT2D eigenvalue weighted by molar-refractivity contribution is 0.0929. The summed E-state index contributed by atoms with van der Waals surface area (Å²) in [5.74, 6) is 1.20. The molecule has 0 aromatic heterocycles. The van der Waals surface area contributed by atoms with Crippen molar-refractivity contribution in [3.05, 3.63) is 109 Å². The van der Waals surface area contributed by atoms with E-state index in [2.05, 4.69) is 13.2 Å². The van der Waals surface area contributed by atoms with E-state index in [0.717, 1.165) is 33.6 Å². The van der Waals surface area contributed by atoms with Crippen LogP contribution in [0, 0.1) is 0 Å². The van der Waals surface area contributed by atoms with Crippen molar-refractivity contribution in [1.82, 2.24) is 0 Å². The van der Waals surface area contributed by atoms with E-state index in [9.17, 15) is 4.79 Å². The third-order valence-electron chi connectivity index (χ3n) is 4.64. The van der Waals surface area contributed by atoms with Crippen LogP contribution in [0.3, 0.4) is 0 Å². The average molecular weight is 526 g/mol. The molecule has 31 heavy (non-hydrogen) atoms. The molecule has 0 saturated heterocycles. The molecule has 0 N–H and O–H groups in total. The normalized spacial score (nSPS) is 10.2. The number of allylic oxidation sites excluding steroid dienone is 2. The molecule has 0 heterocycles. The van der Waals surface area contributed by atoms with Gasteiger partial charge in [0.15, 0.2) is 23.0 Å². The fourth-order valence-electron chi connectivity index (χ4n) is 3.16. The van der Waals surface area contributed by atoms with Crippen LogP contribution in [0.4, 0.5) is 4.79 Å². The lowest BCUT2D eigenvalue weighted by Gasteiger charge is -2.14. The predicted molar refractivity (Wildman–Crippen MR) is 132 cm³/mol. The van der Waals surface area contributed by atoms with E-state index in [0.29, 0.717) is 18.6 Å². The summed E-state index contributed by atoms with van der Waals surface area (Å²) >= 11 is 1.87. The molecule has 0 amide bonds. The second kappa shape index (κ2) is 11.4. The van der Waals surface area contributed by atoms with E-state index in [-0.39, 0.29) is 6.61 Å². The second-order valence-electron chi connectivity index (χ2n) is 6.84. The molecule has 158 valence electrons. The van der Waals surface area contributed by atoms with Crippen molar-refractivity contribution in [2.75, 3.05) is 0 Å². The topological polar surface area (TPSA) is 44.8 Å². The van der Waals surface area contributed by atoms with Crippen molar-refractivity contribution in [2.24, 2.45) is 0 Å². The minimum atomic E-state index is -0.750. The Kier molecular flexibility index (Phi) is 8.29. The maximum absolute atomic E-state index is 12.4. The third kappa shape index (κ3) is 6.21. The van der Waals surface area contributed by atoms with E-state index in [1.54, 1.807) is 6.07 Å². The average Bonchev–Trinajstić information content (AvgIpc) is 2.80. The summed E-state index contributed by atoms with van der Waals surface area (Å²) in [6.45, 7) is 7.78. The maximum atomic E-state index is 12.4. The first-order valence-electron chi connectivity index (χ1n) is 9.79. The van der Waals surface area contributed by atoms with Crippen molar-refractivity contribution in [3.63, 3.8) is 0 Å². The van der Waals surface area contributed by atoms with Gasteiger partial charge in [0.2, 0.25) is 0 Å². The molecule has 3 aromatic rings. The summed E-state index contributed by atoms with van der Waals surface area (Å²) in [6.07, 6.45) is 4.28. The Balaban J connectivity index is 1.88. The molecule has 0 unspecified atom stereocenters. The fourth-order valence-corrected chi connectivity index (χ4v) is 3.59. The van der Waals surface area contributed by atoms with E-state index in [1.165, 1.54) is 0 Å². The van der Waals surface area contributed by atoms with Gasteiger partial charge in [0.1, 0.15) is 18.1 Å². The highest BCUT2D eigenvalue weighted by Crippen LogP contribution is 2.35. The summed E-state index contributed by atoms with van der Waals surface area (Å²) in [5.41, 5.74) is 4.65. The fraction of sp³-hybridized carbons (Fsp3) is 0.115. The lowest BCUT2D eigenvalue weighted by Crippen LogP contribution is -2.11. The minimum absolute atomic E-state index is 0.148. The van der Waals surface area contributed by atoms with Gasteiger partial charge in [-0.05, 0) is 59.4 Å². The number of benzene rings is 3. The van der Waals surface area contributed by atoms with Gasteiger partial charge >= 0.3 is 6.16 Å². The first-order chi connectivity index (χ1) is 15.1. The van der Waals surface area contributed by atoms with E-state index < -0.39 is 6.16 Å². The Labute approximate surface area is 196 Å². The van der Waals surface area contributed by atoms with Crippen LogP contribution in [-0.4, -0.2) is 6.16 Å². The molecular weight excluding hydrogens is 503 g/mol. The Hall–Kier alpha value is -3.06. The summed E-state index contributed by atoms with van der Waals surface area (Å²) in [5, 5.41) is 0. The molecule has 0 bridgehead atoms. The molecular formula is C26H23IO4.